The average molecular weight is 164 g/mol. The van der Waals surface area contributed by atoms with E-state index in [2.05, 4.69) is 6.08 Å². The highest BCUT2D eigenvalue weighted by atomic mass is 16.1. The highest BCUT2D eigenvalue weighted by Gasteiger charge is 2.30. The van der Waals surface area contributed by atoms with E-state index >= 15 is 0 Å². The second kappa shape index (κ2) is 3.04. The molecular formula is C11H16O. The third kappa shape index (κ3) is 1.33. The molecule has 1 fully saturated rings. The number of allylic oxidation sites excluding steroid dienone is 2. The molecule has 2 rings (SSSR count). The van der Waals surface area contributed by atoms with E-state index < -0.39 is 0 Å². The van der Waals surface area contributed by atoms with E-state index in [9.17, 15) is 4.79 Å². The number of Topliss-reactive ketones (excluding diaryl/α,β-unsaturated/α-hetero) is 1. The standard InChI is InChI=1S/C11H16O/c1-8-5-6-9-3-2-4-10(9)7-11(8)12/h5,9-10H,2-4,6-7H2,1H3/t9-,10+/m0/s1. The van der Waals surface area contributed by atoms with E-state index in [1.165, 1.54) is 19.3 Å². The first kappa shape index (κ1) is 8.03. The van der Waals surface area contributed by atoms with Gasteiger partial charge in [-0.05, 0) is 43.6 Å². The summed E-state index contributed by atoms with van der Waals surface area (Å²) in [5.74, 6) is 1.93. The minimum atomic E-state index is 0.393. The molecule has 2 aliphatic carbocycles. The molecule has 66 valence electrons. The fourth-order valence-corrected chi connectivity index (χ4v) is 2.53. The third-order valence-corrected chi connectivity index (χ3v) is 3.43. The van der Waals surface area contributed by atoms with Crippen LogP contribution in [0, 0.1) is 11.8 Å². The smallest absolute Gasteiger partial charge is 0.158 e. The topological polar surface area (TPSA) is 17.1 Å². The zero-order valence-electron chi connectivity index (χ0n) is 7.68. The number of hydrogen-bond acceptors (Lipinski definition) is 1. The van der Waals surface area contributed by atoms with Crippen molar-refractivity contribution in [1.82, 2.24) is 0 Å². The van der Waals surface area contributed by atoms with Gasteiger partial charge in [-0.15, -0.1) is 0 Å². The van der Waals surface area contributed by atoms with E-state index in [1.807, 2.05) is 6.92 Å². The summed E-state index contributed by atoms with van der Waals surface area (Å²) in [5.41, 5.74) is 1.00. The Morgan fingerprint density at radius 3 is 2.92 bits per heavy atom. The molecule has 0 aliphatic heterocycles. The Balaban J connectivity index is 2.15. The van der Waals surface area contributed by atoms with Gasteiger partial charge in [-0.25, -0.2) is 0 Å². The Morgan fingerprint density at radius 1 is 1.33 bits per heavy atom. The molecule has 0 N–H and O–H groups in total. The van der Waals surface area contributed by atoms with Crippen molar-refractivity contribution in [1.29, 1.82) is 0 Å². The van der Waals surface area contributed by atoms with Crippen molar-refractivity contribution < 1.29 is 4.79 Å². The Bertz CT molecular complexity index is 227. The minimum Gasteiger partial charge on any atom is -0.295 e. The fourth-order valence-electron chi connectivity index (χ4n) is 2.53. The Labute approximate surface area is 73.8 Å². The van der Waals surface area contributed by atoms with Crippen molar-refractivity contribution in [3.63, 3.8) is 0 Å². The van der Waals surface area contributed by atoms with Crippen molar-refractivity contribution in [3.8, 4) is 0 Å². The summed E-state index contributed by atoms with van der Waals surface area (Å²) in [6.07, 6.45) is 8.11. The molecular weight excluding hydrogens is 148 g/mol. The van der Waals surface area contributed by atoms with Gasteiger partial charge in [0.2, 0.25) is 0 Å². The summed E-state index contributed by atoms with van der Waals surface area (Å²) < 4.78 is 0. The summed E-state index contributed by atoms with van der Waals surface area (Å²) in [6, 6.07) is 0. The van der Waals surface area contributed by atoms with E-state index in [4.69, 9.17) is 0 Å². The van der Waals surface area contributed by atoms with Crippen LogP contribution in [0.4, 0.5) is 0 Å². The number of ketones is 1. The largest absolute Gasteiger partial charge is 0.295 e. The molecule has 0 aromatic rings. The maximum absolute atomic E-state index is 11.5. The van der Waals surface area contributed by atoms with Crippen molar-refractivity contribution in [2.45, 2.75) is 39.0 Å². The van der Waals surface area contributed by atoms with Crippen molar-refractivity contribution in [2.75, 3.05) is 0 Å². The van der Waals surface area contributed by atoms with Crippen LogP contribution < -0.4 is 0 Å². The molecule has 0 heterocycles. The molecule has 1 heteroatoms. The first-order chi connectivity index (χ1) is 5.77. The first-order valence-electron chi connectivity index (χ1n) is 4.97. The van der Waals surface area contributed by atoms with Gasteiger partial charge in [0.15, 0.2) is 5.78 Å². The maximum atomic E-state index is 11.5. The molecule has 1 nitrogen and oxygen atoms in total. The van der Waals surface area contributed by atoms with E-state index in [-0.39, 0.29) is 0 Å². The number of rotatable bonds is 0. The molecule has 0 radical (unpaired) electrons. The zero-order valence-corrected chi connectivity index (χ0v) is 7.68. The second-order valence-electron chi connectivity index (χ2n) is 4.20. The molecule has 1 saturated carbocycles. The van der Waals surface area contributed by atoms with Gasteiger partial charge in [0.1, 0.15) is 0 Å². The summed E-state index contributed by atoms with van der Waals surface area (Å²) in [4.78, 5) is 11.5. The van der Waals surface area contributed by atoms with E-state index in [0.717, 1.165) is 24.3 Å². The molecule has 2 atom stereocenters. The van der Waals surface area contributed by atoms with Crippen LogP contribution >= 0.6 is 0 Å². The molecule has 0 amide bonds. The summed E-state index contributed by atoms with van der Waals surface area (Å²) in [5, 5.41) is 0. The van der Waals surface area contributed by atoms with Gasteiger partial charge in [-0.2, -0.15) is 0 Å². The number of hydrogen-bond donors (Lipinski definition) is 0. The van der Waals surface area contributed by atoms with Crippen molar-refractivity contribution in [2.24, 2.45) is 11.8 Å². The van der Waals surface area contributed by atoms with Gasteiger partial charge in [0.05, 0.1) is 0 Å². The monoisotopic (exact) mass is 164 g/mol. The molecule has 2 aliphatic rings. The van der Waals surface area contributed by atoms with Crippen LogP contribution in [0.1, 0.15) is 39.0 Å². The predicted molar refractivity (Wildman–Crippen MR) is 48.8 cm³/mol. The van der Waals surface area contributed by atoms with Crippen LogP contribution in [-0.4, -0.2) is 5.78 Å². The van der Waals surface area contributed by atoms with Gasteiger partial charge in [0.25, 0.3) is 0 Å². The van der Waals surface area contributed by atoms with Crippen LogP contribution in [0.25, 0.3) is 0 Å². The molecule has 0 aromatic heterocycles. The van der Waals surface area contributed by atoms with Crippen LogP contribution in [0.2, 0.25) is 0 Å². The molecule has 0 spiro atoms. The van der Waals surface area contributed by atoms with Gasteiger partial charge < -0.3 is 0 Å². The van der Waals surface area contributed by atoms with Crippen LogP contribution in [-0.2, 0) is 4.79 Å². The van der Waals surface area contributed by atoms with Crippen LogP contribution in [0.15, 0.2) is 11.6 Å². The summed E-state index contributed by atoms with van der Waals surface area (Å²) in [7, 11) is 0. The average Bonchev–Trinajstić information content (AvgIpc) is 2.43. The van der Waals surface area contributed by atoms with Gasteiger partial charge in [-0.3, -0.25) is 4.79 Å². The lowest BCUT2D eigenvalue weighted by Crippen LogP contribution is -2.09. The maximum Gasteiger partial charge on any atom is 0.158 e. The van der Waals surface area contributed by atoms with Gasteiger partial charge >= 0.3 is 0 Å². The van der Waals surface area contributed by atoms with Crippen molar-refractivity contribution in [3.05, 3.63) is 11.6 Å². The minimum absolute atomic E-state index is 0.393. The normalized spacial score (nSPS) is 35.8. The molecule has 12 heavy (non-hydrogen) atoms. The van der Waals surface area contributed by atoms with E-state index in [1.54, 1.807) is 0 Å². The van der Waals surface area contributed by atoms with Gasteiger partial charge in [-0.1, -0.05) is 12.5 Å². The first-order valence-corrected chi connectivity index (χ1v) is 4.97. The van der Waals surface area contributed by atoms with Crippen LogP contribution in [0.5, 0.6) is 0 Å². The third-order valence-electron chi connectivity index (χ3n) is 3.43. The Kier molecular flexibility index (Phi) is 2.03. The second-order valence-corrected chi connectivity index (χ2v) is 4.20. The molecule has 0 aromatic carbocycles. The molecule has 0 unspecified atom stereocenters. The predicted octanol–water partition coefficient (Wildman–Crippen LogP) is 2.71. The lowest BCUT2D eigenvalue weighted by Gasteiger charge is -2.13. The van der Waals surface area contributed by atoms with Crippen LogP contribution in [0.3, 0.4) is 0 Å². The Hall–Kier alpha value is -0.590. The number of fused-ring (bicyclic) bond motifs is 1. The summed E-state index contributed by atoms with van der Waals surface area (Å²) >= 11 is 0. The highest BCUT2D eigenvalue weighted by Crippen LogP contribution is 2.39. The zero-order chi connectivity index (χ0) is 8.55. The molecule has 0 bridgehead atoms. The summed E-state index contributed by atoms with van der Waals surface area (Å²) in [6.45, 7) is 1.96. The van der Waals surface area contributed by atoms with E-state index in [0.29, 0.717) is 11.7 Å². The number of carbonyl (C=O) groups excluding carboxylic acids is 1. The lowest BCUT2D eigenvalue weighted by molar-refractivity contribution is -0.116. The van der Waals surface area contributed by atoms with Gasteiger partial charge in [0, 0.05) is 6.42 Å². The highest BCUT2D eigenvalue weighted by molar-refractivity contribution is 5.95. The van der Waals surface area contributed by atoms with Crippen molar-refractivity contribution >= 4 is 5.78 Å². The lowest BCUT2D eigenvalue weighted by atomic mass is 9.91. The fraction of sp³-hybridized carbons (Fsp3) is 0.727. The quantitative estimate of drug-likeness (QED) is 0.538. The number of carbonyl (C=O) groups is 1. The Morgan fingerprint density at radius 2 is 2.08 bits per heavy atom. The SMILES string of the molecule is CC1=CC[C@@H]2CCC[C@@H]2CC1=O. The molecule has 0 saturated heterocycles.